The fourth-order valence-corrected chi connectivity index (χ4v) is 10.7. The summed E-state index contributed by atoms with van der Waals surface area (Å²) in [5.74, 6) is 0.465. The molecule has 8 rings (SSSR count). The van der Waals surface area contributed by atoms with Gasteiger partial charge in [0.1, 0.15) is 0 Å². The van der Waals surface area contributed by atoms with Crippen molar-refractivity contribution >= 4 is 24.0 Å². The lowest BCUT2D eigenvalue weighted by Gasteiger charge is -2.55. The van der Waals surface area contributed by atoms with Crippen molar-refractivity contribution in [3.05, 3.63) is 23.5 Å². The summed E-state index contributed by atoms with van der Waals surface area (Å²) in [4.78, 5) is 60.5. The zero-order chi connectivity index (χ0) is 31.9. The Kier molecular flexibility index (Phi) is 6.85. The van der Waals surface area contributed by atoms with Crippen molar-refractivity contribution in [1.29, 1.82) is 0 Å². The summed E-state index contributed by atoms with van der Waals surface area (Å²) in [6, 6.07) is -0.0164. The molecule has 0 aromatic rings. The first-order chi connectivity index (χ1) is 22.1. The van der Waals surface area contributed by atoms with Crippen LogP contribution < -0.4 is 10.6 Å². The van der Waals surface area contributed by atoms with E-state index >= 15 is 0 Å². The van der Waals surface area contributed by atoms with E-state index in [1.165, 1.54) is 18.5 Å². The normalized spacial score (nSPS) is 35.4. The highest BCUT2D eigenvalue weighted by Crippen LogP contribution is 2.61. The number of nitrogens with one attached hydrogen (secondary N) is 2. The Labute approximate surface area is 270 Å². The van der Waals surface area contributed by atoms with E-state index in [1.807, 2.05) is 16.7 Å². The van der Waals surface area contributed by atoms with Crippen molar-refractivity contribution in [2.24, 2.45) is 16.7 Å². The average molecular weight is 637 g/mol. The van der Waals surface area contributed by atoms with Gasteiger partial charge in [0, 0.05) is 88.4 Å². The van der Waals surface area contributed by atoms with Crippen molar-refractivity contribution in [2.75, 3.05) is 59.5 Å². The van der Waals surface area contributed by atoms with Crippen LogP contribution in [0.1, 0.15) is 71.1 Å². The highest BCUT2D eigenvalue weighted by atomic mass is 16.6. The predicted octanol–water partition coefficient (Wildman–Crippen LogP) is 2.56. The third-order valence-electron chi connectivity index (χ3n) is 13.2. The van der Waals surface area contributed by atoms with Crippen LogP contribution in [0.15, 0.2) is 23.5 Å². The van der Waals surface area contributed by atoms with Crippen molar-refractivity contribution in [2.45, 2.75) is 88.3 Å². The molecule has 12 nitrogen and oxygen atoms in total. The van der Waals surface area contributed by atoms with Gasteiger partial charge >= 0.3 is 12.2 Å². The number of hydrogen-bond donors (Lipinski definition) is 2. The van der Waals surface area contributed by atoms with Crippen molar-refractivity contribution in [1.82, 2.24) is 30.2 Å². The van der Waals surface area contributed by atoms with Crippen molar-refractivity contribution in [3.63, 3.8) is 0 Å². The molecular formula is C34H48N6O6. The van der Waals surface area contributed by atoms with Crippen LogP contribution in [0.2, 0.25) is 0 Å². The molecule has 0 radical (unpaired) electrons. The van der Waals surface area contributed by atoms with Gasteiger partial charge in [-0.15, -0.1) is 0 Å². The lowest BCUT2D eigenvalue weighted by atomic mass is 9.72. The number of ether oxygens (including phenoxy) is 2. The summed E-state index contributed by atoms with van der Waals surface area (Å²) in [5, 5.41) is 6.10. The molecule has 12 heteroatoms. The summed E-state index contributed by atoms with van der Waals surface area (Å²) in [7, 11) is 1.44. The number of methoxy groups -OCH3 is 1. The maximum absolute atomic E-state index is 13.9. The molecule has 250 valence electrons. The zero-order valence-corrected chi connectivity index (χ0v) is 27.3. The van der Waals surface area contributed by atoms with Crippen LogP contribution in [-0.2, 0) is 19.1 Å². The van der Waals surface area contributed by atoms with Gasteiger partial charge in [-0.25, -0.2) is 9.59 Å². The number of rotatable bonds is 4. The van der Waals surface area contributed by atoms with Gasteiger partial charge < -0.3 is 29.9 Å². The molecule has 46 heavy (non-hydrogen) atoms. The molecule has 0 aromatic carbocycles. The Morgan fingerprint density at radius 1 is 0.870 bits per heavy atom. The van der Waals surface area contributed by atoms with Gasteiger partial charge in [-0.3, -0.25) is 19.4 Å². The van der Waals surface area contributed by atoms with Gasteiger partial charge in [0.2, 0.25) is 11.8 Å². The Morgan fingerprint density at radius 3 is 2.07 bits per heavy atom. The quantitative estimate of drug-likeness (QED) is 0.483. The number of piperidine rings is 2. The van der Waals surface area contributed by atoms with Gasteiger partial charge in [-0.2, -0.15) is 0 Å². The molecule has 8 aliphatic rings. The Balaban J connectivity index is 1.16. The second-order valence-corrected chi connectivity index (χ2v) is 15.4. The fraction of sp³-hybridized carbons (Fsp3) is 0.765. The Bertz CT molecular complexity index is 1400. The monoisotopic (exact) mass is 636 g/mol. The number of fused-ring (bicyclic) bond motifs is 5. The van der Waals surface area contributed by atoms with E-state index in [0.29, 0.717) is 26.0 Å². The molecule has 2 spiro atoms. The topological polar surface area (TPSA) is 124 Å². The second-order valence-electron chi connectivity index (χ2n) is 15.4. The summed E-state index contributed by atoms with van der Waals surface area (Å²) in [6.45, 7) is 7.75. The van der Waals surface area contributed by atoms with Crippen molar-refractivity contribution < 1.29 is 28.7 Å². The molecule has 4 amide bonds. The van der Waals surface area contributed by atoms with Crippen molar-refractivity contribution in [3.8, 4) is 0 Å². The van der Waals surface area contributed by atoms with E-state index in [9.17, 15) is 19.2 Å². The highest BCUT2D eigenvalue weighted by molar-refractivity contribution is 5.80. The van der Waals surface area contributed by atoms with Crippen LogP contribution in [-0.4, -0.2) is 120 Å². The van der Waals surface area contributed by atoms with Crippen LogP contribution in [0.3, 0.4) is 0 Å². The molecule has 7 heterocycles. The molecule has 4 bridgehead atoms. The van der Waals surface area contributed by atoms with Gasteiger partial charge in [-0.05, 0) is 74.9 Å². The highest BCUT2D eigenvalue weighted by Gasteiger charge is 2.70. The van der Waals surface area contributed by atoms with E-state index in [1.54, 1.807) is 0 Å². The smallest absolute Gasteiger partial charge is 0.410 e. The number of amides is 4. The Hall–Kier alpha value is -3.44. The number of nitrogens with zero attached hydrogens (tertiary/aromatic N) is 4. The standard InChI is InChI=1S/C34H48N6O6/c1-3-46-30(44)40-24-4-5-33(40,16-25(14-24)37-10-6-31(7-11-37)18-27(41)35-21-31)34-15-23(20-39(34)29(43)45-2)26(17-34)38-12-8-32(9-13-38)19-28(42)36-22-32/h16-17,23-24H,3-15,18-22H2,1-2H3,(H,35,41)(H,36,42). The maximum atomic E-state index is 13.9. The summed E-state index contributed by atoms with van der Waals surface area (Å²) in [5.41, 5.74) is 1.10. The van der Waals surface area contributed by atoms with E-state index in [4.69, 9.17) is 9.47 Å². The predicted molar refractivity (Wildman–Crippen MR) is 167 cm³/mol. The number of hydrogen-bond acceptors (Lipinski definition) is 8. The van der Waals surface area contributed by atoms with Gasteiger partial charge in [0.05, 0.1) is 24.8 Å². The van der Waals surface area contributed by atoms with E-state index in [0.717, 1.165) is 90.6 Å². The minimum atomic E-state index is -0.763. The first-order valence-corrected chi connectivity index (χ1v) is 17.4. The van der Waals surface area contributed by atoms with Gasteiger partial charge in [-0.1, -0.05) is 0 Å². The van der Waals surface area contributed by atoms with Gasteiger partial charge in [0.15, 0.2) is 0 Å². The van der Waals surface area contributed by atoms with Crippen LogP contribution in [0.4, 0.5) is 9.59 Å². The number of likely N-dealkylation sites (tertiary alicyclic amines) is 3. The molecular weight excluding hydrogens is 588 g/mol. The first-order valence-electron chi connectivity index (χ1n) is 17.4. The van der Waals surface area contributed by atoms with Crippen LogP contribution in [0.25, 0.3) is 0 Å². The SMILES string of the molecule is CCOC(=O)N1C2CCC1(C13C=C(N4CCC5(CC4)CNC(=O)C5)C(CN1C(=O)OC)C3)C=C(N1CCC3(CC1)CNC(=O)C3)C2. The third-order valence-corrected chi connectivity index (χ3v) is 13.2. The molecule has 7 aliphatic heterocycles. The lowest BCUT2D eigenvalue weighted by Crippen LogP contribution is -2.69. The van der Waals surface area contributed by atoms with E-state index in [-0.39, 0.29) is 46.8 Å². The molecule has 6 saturated heterocycles. The van der Waals surface area contributed by atoms with Crippen LogP contribution in [0, 0.1) is 16.7 Å². The molecule has 4 unspecified atom stereocenters. The molecule has 6 fully saturated rings. The van der Waals surface area contributed by atoms with Crippen LogP contribution in [0.5, 0.6) is 0 Å². The minimum Gasteiger partial charge on any atom is -0.453 e. The third kappa shape index (κ3) is 4.30. The maximum Gasteiger partial charge on any atom is 0.410 e. The zero-order valence-electron chi connectivity index (χ0n) is 27.3. The molecule has 0 aromatic heterocycles. The van der Waals surface area contributed by atoms with E-state index < -0.39 is 11.1 Å². The molecule has 0 saturated carbocycles. The number of carbonyl (C=O) groups excluding carboxylic acids is 4. The molecule has 1 aliphatic carbocycles. The fourth-order valence-electron chi connectivity index (χ4n) is 10.7. The lowest BCUT2D eigenvalue weighted by molar-refractivity contribution is -0.120. The minimum absolute atomic E-state index is 0.0164. The largest absolute Gasteiger partial charge is 0.453 e. The molecule has 2 N–H and O–H groups in total. The average Bonchev–Trinajstić information content (AvgIpc) is 3.86. The number of carbonyl (C=O) groups is 4. The van der Waals surface area contributed by atoms with Crippen LogP contribution >= 0.6 is 0 Å². The van der Waals surface area contributed by atoms with Gasteiger partial charge in [0.25, 0.3) is 0 Å². The Morgan fingerprint density at radius 2 is 1.50 bits per heavy atom. The summed E-state index contributed by atoms with van der Waals surface area (Å²) < 4.78 is 11.2. The first kappa shape index (κ1) is 29.9. The second kappa shape index (κ2) is 10.5. The molecule has 4 atom stereocenters. The van der Waals surface area contributed by atoms with E-state index in [2.05, 4.69) is 32.6 Å². The summed E-state index contributed by atoms with van der Waals surface area (Å²) in [6.07, 6.45) is 12.2. The summed E-state index contributed by atoms with van der Waals surface area (Å²) >= 11 is 0.